The summed E-state index contributed by atoms with van der Waals surface area (Å²) in [6.07, 6.45) is 10.9. The molecule has 1 aliphatic carbocycles. The average molecular weight is 583 g/mol. The summed E-state index contributed by atoms with van der Waals surface area (Å²) in [4.78, 5) is 46.2. The van der Waals surface area contributed by atoms with Crippen LogP contribution < -0.4 is 10.6 Å². The zero-order valence-electron chi connectivity index (χ0n) is 24.2. The molecule has 222 valence electrons. The highest BCUT2D eigenvalue weighted by atomic mass is 35.5. The number of carbonyl (C=O) groups is 3. The van der Waals surface area contributed by atoms with E-state index in [9.17, 15) is 14.4 Å². The molecule has 2 N–H and O–H groups in total. The van der Waals surface area contributed by atoms with E-state index in [1.54, 1.807) is 29.2 Å². The van der Waals surface area contributed by atoms with Crippen molar-refractivity contribution < 1.29 is 19.1 Å². The number of likely N-dealkylation sites (tertiary alicyclic amines) is 2. The molecule has 6 rings (SSSR count). The Bertz CT molecular complexity index is 1180. The minimum atomic E-state index is -1.14. The third-order valence-corrected chi connectivity index (χ3v) is 10.6. The van der Waals surface area contributed by atoms with Crippen molar-refractivity contribution in [3.8, 4) is 0 Å². The second kappa shape index (κ2) is 11.7. The molecule has 8 atom stereocenters. The number of halogens is 1. The highest BCUT2D eigenvalue weighted by Crippen LogP contribution is 2.55. The van der Waals surface area contributed by atoms with Gasteiger partial charge in [0.1, 0.15) is 11.6 Å². The number of hydrogen-bond acceptors (Lipinski definition) is 5. The maximum absolute atomic E-state index is 14.2. The monoisotopic (exact) mass is 582 g/mol. The molecule has 4 fully saturated rings. The molecule has 0 radical (unpaired) electrons. The molecule has 5 aliphatic rings. The van der Waals surface area contributed by atoms with E-state index in [2.05, 4.69) is 29.4 Å². The van der Waals surface area contributed by atoms with Gasteiger partial charge in [0, 0.05) is 23.3 Å². The number of ether oxygens (including phenoxy) is 1. The molecule has 0 aromatic heterocycles. The summed E-state index contributed by atoms with van der Waals surface area (Å²) in [7, 11) is 0. The van der Waals surface area contributed by atoms with E-state index in [-0.39, 0.29) is 23.8 Å². The van der Waals surface area contributed by atoms with Gasteiger partial charge in [-0.2, -0.15) is 0 Å². The normalized spacial score (nSPS) is 36.4. The second-order valence-corrected chi connectivity index (χ2v) is 13.3. The fraction of sp³-hybridized carbons (Fsp3) is 0.656. The van der Waals surface area contributed by atoms with Crippen LogP contribution in [-0.2, 0) is 19.1 Å². The van der Waals surface area contributed by atoms with Gasteiger partial charge in [0.05, 0.1) is 17.9 Å². The molecule has 41 heavy (non-hydrogen) atoms. The van der Waals surface area contributed by atoms with Crippen LogP contribution in [0.1, 0.15) is 58.8 Å². The Morgan fingerprint density at radius 3 is 2.54 bits per heavy atom. The summed E-state index contributed by atoms with van der Waals surface area (Å²) in [5, 5.41) is 6.88. The summed E-state index contributed by atoms with van der Waals surface area (Å²) in [6.45, 7) is 7.99. The Balaban J connectivity index is 1.24. The van der Waals surface area contributed by atoms with E-state index in [0.717, 1.165) is 38.9 Å². The Morgan fingerprint density at radius 1 is 1.02 bits per heavy atom. The van der Waals surface area contributed by atoms with Crippen molar-refractivity contribution in [1.29, 1.82) is 0 Å². The lowest BCUT2D eigenvalue weighted by molar-refractivity contribution is -0.141. The second-order valence-electron chi connectivity index (χ2n) is 12.9. The van der Waals surface area contributed by atoms with E-state index >= 15 is 0 Å². The fourth-order valence-corrected chi connectivity index (χ4v) is 8.09. The number of nitrogens with zero attached hydrogens (tertiary/aromatic N) is 2. The van der Waals surface area contributed by atoms with Crippen molar-refractivity contribution in [3.63, 3.8) is 0 Å². The summed E-state index contributed by atoms with van der Waals surface area (Å²) in [5.41, 5.74) is -0.526. The maximum Gasteiger partial charge on any atom is 0.246 e. The summed E-state index contributed by atoms with van der Waals surface area (Å²) < 4.78 is 6.52. The first-order valence-corrected chi connectivity index (χ1v) is 15.9. The molecule has 1 aromatic carbocycles. The molecule has 2 bridgehead atoms. The van der Waals surface area contributed by atoms with E-state index in [4.69, 9.17) is 16.3 Å². The summed E-state index contributed by atoms with van der Waals surface area (Å²) >= 11 is 6.02. The Labute approximate surface area is 248 Å². The topological polar surface area (TPSA) is 91.0 Å². The van der Waals surface area contributed by atoms with Crippen LogP contribution in [0.25, 0.3) is 0 Å². The number of amides is 3. The quantitative estimate of drug-likeness (QED) is 0.447. The molecule has 3 saturated heterocycles. The van der Waals surface area contributed by atoms with Gasteiger partial charge >= 0.3 is 0 Å². The van der Waals surface area contributed by atoms with Gasteiger partial charge in [-0.1, -0.05) is 56.9 Å². The number of anilines is 1. The molecule has 1 spiro atoms. The smallest absolute Gasteiger partial charge is 0.246 e. The van der Waals surface area contributed by atoms with E-state index in [1.807, 2.05) is 12.2 Å². The molecule has 9 heteroatoms. The number of hydrogen-bond donors (Lipinski definition) is 2. The van der Waals surface area contributed by atoms with E-state index in [1.165, 1.54) is 25.7 Å². The minimum absolute atomic E-state index is 0.0681. The molecule has 8 nitrogen and oxygen atoms in total. The van der Waals surface area contributed by atoms with Crippen molar-refractivity contribution in [1.82, 2.24) is 15.1 Å². The van der Waals surface area contributed by atoms with Crippen LogP contribution in [0.3, 0.4) is 0 Å². The van der Waals surface area contributed by atoms with Gasteiger partial charge < -0.3 is 25.2 Å². The largest absolute Gasteiger partial charge is 0.359 e. The summed E-state index contributed by atoms with van der Waals surface area (Å²) in [5.74, 6) is -1.14. The molecular weight excluding hydrogens is 540 g/mol. The zero-order valence-corrected chi connectivity index (χ0v) is 24.9. The van der Waals surface area contributed by atoms with Crippen LogP contribution in [0.5, 0.6) is 0 Å². The van der Waals surface area contributed by atoms with Crippen molar-refractivity contribution in [2.45, 2.75) is 82.6 Å². The third kappa shape index (κ3) is 5.32. The maximum atomic E-state index is 14.2. The van der Waals surface area contributed by atoms with Gasteiger partial charge in [-0.25, -0.2) is 0 Å². The number of nitrogens with one attached hydrogen (secondary N) is 2. The predicted molar refractivity (Wildman–Crippen MR) is 158 cm³/mol. The molecule has 3 amide bonds. The van der Waals surface area contributed by atoms with Gasteiger partial charge in [-0.15, -0.1) is 0 Å². The lowest BCUT2D eigenvalue weighted by atomic mass is 9.73. The van der Waals surface area contributed by atoms with Crippen molar-refractivity contribution >= 4 is 35.0 Å². The Morgan fingerprint density at radius 2 is 1.78 bits per heavy atom. The van der Waals surface area contributed by atoms with Crippen molar-refractivity contribution in [3.05, 3.63) is 41.4 Å². The Kier molecular flexibility index (Phi) is 8.18. The molecule has 4 heterocycles. The zero-order chi connectivity index (χ0) is 28.7. The van der Waals surface area contributed by atoms with Crippen LogP contribution in [0.2, 0.25) is 5.02 Å². The molecule has 1 aromatic rings. The highest BCUT2D eigenvalue weighted by Gasteiger charge is 2.72. The average Bonchev–Trinajstić information content (AvgIpc) is 3.60. The van der Waals surface area contributed by atoms with Gasteiger partial charge in [0.2, 0.25) is 17.7 Å². The van der Waals surface area contributed by atoms with Crippen LogP contribution >= 0.6 is 11.6 Å². The molecule has 1 saturated carbocycles. The molecule has 4 aliphatic heterocycles. The van der Waals surface area contributed by atoms with Crippen LogP contribution in [0.4, 0.5) is 5.69 Å². The predicted octanol–water partition coefficient (Wildman–Crippen LogP) is 4.25. The van der Waals surface area contributed by atoms with Gasteiger partial charge in [0.15, 0.2) is 0 Å². The highest BCUT2D eigenvalue weighted by molar-refractivity contribution is 6.30. The molecule has 6 unspecified atom stereocenters. The first kappa shape index (κ1) is 28.7. The standard InChI is InChI=1S/C32H43ClN4O4/c1-20-8-6-9-24(21(20)2)35-30(39)28-32-15-14-25(41-32)26(29(38)34-23-12-10-22(33)11-13-23)27(32)31(40)37(28)19-7-18-36-16-4-3-5-17-36/h10-15,20-21,24-28H,3-9,16-19H2,1-2H3,(H,34,38)(H,35,39)/t20?,21?,24?,25-,26?,27-,28?,32?/m0/s1. The number of carbonyl (C=O) groups excluding carboxylic acids is 3. The number of piperidine rings is 1. The lowest BCUT2D eigenvalue weighted by Crippen LogP contribution is -2.58. The number of fused-ring (bicyclic) bond motifs is 1. The third-order valence-electron chi connectivity index (χ3n) is 10.4. The lowest BCUT2D eigenvalue weighted by Gasteiger charge is -2.38. The minimum Gasteiger partial charge on any atom is -0.359 e. The SMILES string of the molecule is CC1CCCC(NC(=O)C2N(CCCN3CCCCC3)C(=O)[C@@H]3C(C(=O)Nc4ccc(Cl)cc4)[C@@H]4C=CC23O4)C1C. The number of rotatable bonds is 8. The van der Waals surface area contributed by atoms with E-state index < -0.39 is 29.6 Å². The Hall–Kier alpha value is -2.42. The van der Waals surface area contributed by atoms with E-state index in [0.29, 0.717) is 29.1 Å². The van der Waals surface area contributed by atoms with Crippen LogP contribution in [-0.4, -0.2) is 77.5 Å². The number of benzene rings is 1. The van der Waals surface area contributed by atoms with Crippen molar-refractivity contribution in [2.75, 3.05) is 31.5 Å². The first-order chi connectivity index (χ1) is 19.8. The van der Waals surface area contributed by atoms with Gasteiger partial charge in [-0.3, -0.25) is 14.4 Å². The van der Waals surface area contributed by atoms with Gasteiger partial charge in [-0.05, 0) is 81.4 Å². The van der Waals surface area contributed by atoms with Crippen molar-refractivity contribution in [2.24, 2.45) is 23.7 Å². The summed E-state index contributed by atoms with van der Waals surface area (Å²) in [6, 6.07) is 6.19. The van der Waals surface area contributed by atoms with Gasteiger partial charge in [0.25, 0.3) is 0 Å². The fourth-order valence-electron chi connectivity index (χ4n) is 7.96. The molecular formula is C32H43ClN4O4. The van der Waals surface area contributed by atoms with Crippen LogP contribution in [0, 0.1) is 23.7 Å². The van der Waals surface area contributed by atoms with Crippen LogP contribution in [0.15, 0.2) is 36.4 Å². The first-order valence-electron chi connectivity index (χ1n) is 15.6.